The van der Waals surface area contributed by atoms with Crippen LogP contribution in [0.5, 0.6) is 0 Å². The molecular formula is C17H20N4O4. The fourth-order valence-electron chi connectivity index (χ4n) is 2.73. The van der Waals surface area contributed by atoms with E-state index < -0.39 is 0 Å². The number of aromatic nitrogens is 2. The summed E-state index contributed by atoms with van der Waals surface area (Å²) in [6.45, 7) is 0.956. The number of hydrogen-bond acceptors (Lipinski definition) is 5. The number of cyclic esters (lactones) is 1. The summed E-state index contributed by atoms with van der Waals surface area (Å²) in [4.78, 5) is 43.8. The van der Waals surface area contributed by atoms with Crippen molar-refractivity contribution in [2.45, 2.75) is 25.4 Å². The van der Waals surface area contributed by atoms with E-state index in [4.69, 9.17) is 4.74 Å². The van der Waals surface area contributed by atoms with Gasteiger partial charge in [-0.1, -0.05) is 12.1 Å². The van der Waals surface area contributed by atoms with Crippen molar-refractivity contribution in [3.63, 3.8) is 0 Å². The van der Waals surface area contributed by atoms with Crippen LogP contribution in [0.2, 0.25) is 0 Å². The third-order valence-electron chi connectivity index (χ3n) is 4.10. The van der Waals surface area contributed by atoms with E-state index in [0.29, 0.717) is 36.2 Å². The first-order valence-corrected chi connectivity index (χ1v) is 8.19. The van der Waals surface area contributed by atoms with Gasteiger partial charge < -0.3 is 19.9 Å². The van der Waals surface area contributed by atoms with Crippen LogP contribution in [0, 0.1) is 0 Å². The van der Waals surface area contributed by atoms with Crippen LogP contribution in [0.4, 0.5) is 4.79 Å². The third kappa shape index (κ3) is 4.14. The largest absolute Gasteiger partial charge is 0.444 e. The lowest BCUT2D eigenvalue weighted by molar-refractivity contribution is -0.121. The van der Waals surface area contributed by atoms with E-state index in [9.17, 15) is 14.4 Å². The molecule has 1 aliphatic heterocycles. The van der Waals surface area contributed by atoms with Crippen molar-refractivity contribution >= 4 is 23.0 Å². The molecule has 2 heterocycles. The highest BCUT2D eigenvalue weighted by Crippen LogP contribution is 2.11. The molecule has 0 spiro atoms. The second-order valence-corrected chi connectivity index (χ2v) is 6.05. The Morgan fingerprint density at radius 1 is 1.40 bits per heavy atom. The van der Waals surface area contributed by atoms with E-state index in [1.54, 1.807) is 13.1 Å². The van der Waals surface area contributed by atoms with E-state index >= 15 is 0 Å². The molecule has 1 aliphatic rings. The van der Waals surface area contributed by atoms with Crippen LogP contribution in [0.3, 0.4) is 0 Å². The van der Waals surface area contributed by atoms with Gasteiger partial charge >= 0.3 is 6.09 Å². The number of nitrogens with zero attached hydrogens (tertiary/aromatic N) is 2. The topological polar surface area (TPSA) is 104 Å². The van der Waals surface area contributed by atoms with Gasteiger partial charge in [0, 0.05) is 32.9 Å². The molecule has 0 bridgehead atoms. The van der Waals surface area contributed by atoms with E-state index in [1.807, 2.05) is 18.2 Å². The summed E-state index contributed by atoms with van der Waals surface area (Å²) in [7, 11) is 1.68. The number of ether oxygens (including phenoxy) is 1. The maximum atomic E-state index is 12.0. The fourth-order valence-corrected chi connectivity index (χ4v) is 2.73. The molecule has 1 aromatic heterocycles. The molecule has 2 amide bonds. The van der Waals surface area contributed by atoms with Crippen molar-refractivity contribution in [3.05, 3.63) is 40.3 Å². The van der Waals surface area contributed by atoms with E-state index in [2.05, 4.69) is 15.3 Å². The molecule has 2 aromatic rings. The average molecular weight is 344 g/mol. The molecule has 1 atom stereocenters. The van der Waals surface area contributed by atoms with Crippen LogP contribution in [-0.4, -0.2) is 53.1 Å². The number of likely N-dealkylation sites (N-methyl/N-ethyl adjacent to an activating group) is 1. The monoisotopic (exact) mass is 344 g/mol. The zero-order valence-electron chi connectivity index (χ0n) is 13.9. The lowest BCUT2D eigenvalue weighted by Gasteiger charge is -2.09. The third-order valence-corrected chi connectivity index (χ3v) is 4.10. The normalized spacial score (nSPS) is 16.9. The van der Waals surface area contributed by atoms with Crippen molar-refractivity contribution in [2.24, 2.45) is 0 Å². The second-order valence-electron chi connectivity index (χ2n) is 6.05. The summed E-state index contributed by atoms with van der Waals surface area (Å²) in [5, 5.41) is 2.78. The molecule has 0 radical (unpaired) electrons. The van der Waals surface area contributed by atoms with Gasteiger partial charge in [-0.3, -0.25) is 9.59 Å². The van der Waals surface area contributed by atoms with Crippen LogP contribution in [0.15, 0.2) is 29.1 Å². The molecule has 8 nitrogen and oxygen atoms in total. The standard InChI is InChI=1S/C17H20N4O4/c1-21-10-11(25-17(21)24)8-9-18-15(22)7-6-14-16(23)20-13-5-3-2-4-12(13)19-14/h2-5,11H,6-10H2,1H3,(H,18,22)(H,20,23). The van der Waals surface area contributed by atoms with Gasteiger partial charge in [0.25, 0.3) is 5.56 Å². The average Bonchev–Trinajstić information content (AvgIpc) is 2.91. The Hall–Kier alpha value is -2.90. The Bertz CT molecular complexity index is 848. The number of rotatable bonds is 6. The number of para-hydroxylation sites is 2. The smallest absolute Gasteiger partial charge is 0.409 e. The number of carbonyl (C=O) groups excluding carboxylic acids is 2. The highest BCUT2D eigenvalue weighted by molar-refractivity contribution is 5.76. The number of fused-ring (bicyclic) bond motifs is 1. The minimum atomic E-state index is -0.335. The maximum Gasteiger partial charge on any atom is 0.409 e. The summed E-state index contributed by atoms with van der Waals surface area (Å²) in [5.74, 6) is -0.160. The highest BCUT2D eigenvalue weighted by atomic mass is 16.6. The summed E-state index contributed by atoms with van der Waals surface area (Å²) in [5.41, 5.74) is 1.45. The SMILES string of the molecule is CN1CC(CCNC(=O)CCc2nc3ccccc3[nH]c2=O)OC1=O. The van der Waals surface area contributed by atoms with Crippen LogP contribution >= 0.6 is 0 Å². The van der Waals surface area contributed by atoms with Crippen LogP contribution in [0.25, 0.3) is 11.0 Å². The van der Waals surface area contributed by atoms with Crippen molar-refractivity contribution in [1.82, 2.24) is 20.2 Å². The Morgan fingerprint density at radius 3 is 2.96 bits per heavy atom. The van der Waals surface area contributed by atoms with Gasteiger partial charge in [-0.15, -0.1) is 0 Å². The van der Waals surface area contributed by atoms with Gasteiger partial charge in [-0.25, -0.2) is 9.78 Å². The number of benzene rings is 1. The van der Waals surface area contributed by atoms with Crippen molar-refractivity contribution in [3.8, 4) is 0 Å². The van der Waals surface area contributed by atoms with Crippen LogP contribution in [-0.2, 0) is 16.0 Å². The van der Waals surface area contributed by atoms with Gasteiger partial charge in [0.2, 0.25) is 5.91 Å². The highest BCUT2D eigenvalue weighted by Gasteiger charge is 2.27. The zero-order valence-corrected chi connectivity index (χ0v) is 13.9. The molecule has 132 valence electrons. The molecule has 1 fully saturated rings. The Labute approximate surface area is 144 Å². The molecule has 0 aliphatic carbocycles. The number of amides is 2. The lowest BCUT2D eigenvalue weighted by Crippen LogP contribution is -2.29. The van der Waals surface area contributed by atoms with Gasteiger partial charge in [0.05, 0.1) is 17.6 Å². The fraction of sp³-hybridized carbons (Fsp3) is 0.412. The Morgan fingerprint density at radius 2 is 2.20 bits per heavy atom. The molecular weight excluding hydrogens is 324 g/mol. The van der Waals surface area contributed by atoms with Crippen molar-refractivity contribution in [1.29, 1.82) is 0 Å². The number of nitrogens with one attached hydrogen (secondary N) is 2. The Balaban J connectivity index is 1.47. The number of carbonyl (C=O) groups is 2. The molecule has 0 saturated carbocycles. The predicted molar refractivity (Wildman–Crippen MR) is 91.2 cm³/mol. The molecule has 25 heavy (non-hydrogen) atoms. The molecule has 2 N–H and O–H groups in total. The van der Waals surface area contributed by atoms with E-state index in [1.165, 1.54) is 4.90 Å². The lowest BCUT2D eigenvalue weighted by atomic mass is 10.2. The quantitative estimate of drug-likeness (QED) is 0.807. The second kappa shape index (κ2) is 7.33. The van der Waals surface area contributed by atoms with Crippen LogP contribution < -0.4 is 10.9 Å². The molecule has 1 saturated heterocycles. The van der Waals surface area contributed by atoms with E-state index in [0.717, 1.165) is 0 Å². The molecule has 3 rings (SSSR count). The van der Waals surface area contributed by atoms with Crippen molar-refractivity contribution < 1.29 is 14.3 Å². The minimum absolute atomic E-state index is 0.160. The molecule has 1 aromatic carbocycles. The van der Waals surface area contributed by atoms with Crippen molar-refractivity contribution in [2.75, 3.05) is 20.1 Å². The molecule has 1 unspecified atom stereocenters. The molecule has 8 heteroatoms. The zero-order chi connectivity index (χ0) is 17.8. The first kappa shape index (κ1) is 16.9. The van der Waals surface area contributed by atoms with Gasteiger partial charge in [0.15, 0.2) is 0 Å². The number of hydrogen-bond donors (Lipinski definition) is 2. The summed E-state index contributed by atoms with van der Waals surface area (Å²) in [6, 6.07) is 7.27. The van der Waals surface area contributed by atoms with Crippen LogP contribution in [0.1, 0.15) is 18.5 Å². The maximum absolute atomic E-state index is 12.0. The minimum Gasteiger partial charge on any atom is -0.444 e. The Kier molecular flexibility index (Phi) is 4.97. The van der Waals surface area contributed by atoms with Gasteiger partial charge in [-0.05, 0) is 12.1 Å². The number of H-pyrrole nitrogens is 1. The van der Waals surface area contributed by atoms with Gasteiger partial charge in [-0.2, -0.15) is 0 Å². The first-order chi connectivity index (χ1) is 12.0. The predicted octanol–water partition coefficient (Wildman–Crippen LogP) is 0.813. The van der Waals surface area contributed by atoms with E-state index in [-0.39, 0.29) is 36.5 Å². The summed E-state index contributed by atoms with van der Waals surface area (Å²) in [6.07, 6.45) is 0.489. The summed E-state index contributed by atoms with van der Waals surface area (Å²) < 4.78 is 5.12. The number of aryl methyl sites for hydroxylation is 1. The number of aromatic amines is 1. The summed E-state index contributed by atoms with van der Waals surface area (Å²) >= 11 is 0. The first-order valence-electron chi connectivity index (χ1n) is 8.19. The van der Waals surface area contributed by atoms with Gasteiger partial charge in [0.1, 0.15) is 11.8 Å².